The molecular formula is C25H30O14. The van der Waals surface area contributed by atoms with Crippen LogP contribution in [0.5, 0.6) is 17.2 Å². The normalized spacial score (nSPS) is 31.8. The number of phenolic OH excluding ortho intramolecular Hbond substituents is 1. The maximum atomic E-state index is 12.8. The number of phenols is 1. The molecule has 14 heteroatoms. The molecule has 0 bridgehead atoms. The third-order valence-electron chi connectivity index (χ3n) is 6.97. The van der Waals surface area contributed by atoms with E-state index in [-0.39, 0.29) is 41.4 Å². The predicted molar refractivity (Wildman–Crippen MR) is 127 cm³/mol. The van der Waals surface area contributed by atoms with Crippen molar-refractivity contribution in [2.24, 2.45) is 11.8 Å². The molecule has 1 aromatic carbocycles. The molecule has 6 N–H and O–H groups in total. The third kappa shape index (κ3) is 5.52. The summed E-state index contributed by atoms with van der Waals surface area (Å²) in [4.78, 5) is 24.6. The van der Waals surface area contributed by atoms with Gasteiger partial charge in [-0.2, -0.15) is 0 Å². The molecule has 8 atom stereocenters. The first-order valence-corrected chi connectivity index (χ1v) is 12.0. The van der Waals surface area contributed by atoms with Crippen molar-refractivity contribution in [3.05, 3.63) is 41.2 Å². The van der Waals surface area contributed by atoms with Crippen LogP contribution in [0.3, 0.4) is 0 Å². The predicted octanol–water partition coefficient (Wildman–Crippen LogP) is -0.730. The van der Waals surface area contributed by atoms with E-state index >= 15 is 0 Å². The Balaban J connectivity index is 1.52. The summed E-state index contributed by atoms with van der Waals surface area (Å²) in [7, 11) is 2.61. The molecule has 0 saturated carbocycles. The molecule has 1 fully saturated rings. The second-order valence-corrected chi connectivity index (χ2v) is 9.17. The fraction of sp³-hybridized carbons (Fsp3) is 0.520. The quantitative estimate of drug-likeness (QED) is 0.164. The highest BCUT2D eigenvalue weighted by atomic mass is 16.8. The largest absolute Gasteiger partial charge is 0.502 e. The minimum Gasteiger partial charge on any atom is -0.502 e. The Labute approximate surface area is 222 Å². The zero-order valence-corrected chi connectivity index (χ0v) is 21.0. The zero-order chi connectivity index (χ0) is 28.4. The van der Waals surface area contributed by atoms with E-state index in [1.807, 2.05) is 0 Å². The SMILES string of the molecule is COc1cc(C(=O)OCC2=CC[C@@H]3C(C(=O)O)=CO[C@@H](O[C@@H]4O[C@H](CO)[C@@H](O)[C@H](O)[C@H]4O)[C@H]23)cc(OC)c1O. The van der Waals surface area contributed by atoms with Gasteiger partial charge < -0.3 is 59.1 Å². The average Bonchev–Trinajstić information content (AvgIpc) is 3.36. The van der Waals surface area contributed by atoms with E-state index in [0.29, 0.717) is 5.57 Å². The van der Waals surface area contributed by atoms with E-state index in [9.17, 15) is 40.2 Å². The summed E-state index contributed by atoms with van der Waals surface area (Å²) in [5.41, 5.74) is 0.448. The average molecular weight is 555 g/mol. The first kappa shape index (κ1) is 28.6. The Kier molecular flexibility index (Phi) is 8.64. The number of fused-ring (bicyclic) bond motifs is 1. The molecule has 1 aromatic rings. The molecule has 14 nitrogen and oxygen atoms in total. The van der Waals surface area contributed by atoms with Crippen LogP contribution in [0.2, 0.25) is 0 Å². The number of rotatable bonds is 9. The molecule has 1 saturated heterocycles. The minimum absolute atomic E-state index is 0.00800. The lowest BCUT2D eigenvalue weighted by Gasteiger charge is -2.42. The number of carboxylic acids is 1. The Hall–Kier alpha value is -3.40. The minimum atomic E-state index is -1.71. The lowest BCUT2D eigenvalue weighted by molar-refractivity contribution is -0.339. The van der Waals surface area contributed by atoms with Crippen molar-refractivity contribution in [1.29, 1.82) is 0 Å². The van der Waals surface area contributed by atoms with Crippen LogP contribution in [0.4, 0.5) is 0 Å². The van der Waals surface area contributed by atoms with Gasteiger partial charge in [0.25, 0.3) is 0 Å². The lowest BCUT2D eigenvalue weighted by Crippen LogP contribution is -2.60. The van der Waals surface area contributed by atoms with Gasteiger partial charge in [0.1, 0.15) is 31.0 Å². The molecule has 0 amide bonds. The monoisotopic (exact) mass is 554 g/mol. The number of aliphatic hydroxyl groups is 4. The van der Waals surface area contributed by atoms with Crippen molar-refractivity contribution in [2.75, 3.05) is 27.4 Å². The van der Waals surface area contributed by atoms with Gasteiger partial charge in [0.05, 0.1) is 44.1 Å². The van der Waals surface area contributed by atoms with Crippen molar-refractivity contribution in [1.82, 2.24) is 0 Å². The van der Waals surface area contributed by atoms with E-state index in [1.165, 1.54) is 26.4 Å². The van der Waals surface area contributed by atoms with Gasteiger partial charge in [0.15, 0.2) is 17.8 Å². The number of esters is 1. The molecule has 0 unspecified atom stereocenters. The van der Waals surface area contributed by atoms with E-state index in [2.05, 4.69) is 0 Å². The number of hydrogen-bond donors (Lipinski definition) is 6. The van der Waals surface area contributed by atoms with E-state index in [0.717, 1.165) is 6.26 Å². The molecule has 1 aliphatic carbocycles. The molecule has 0 spiro atoms. The van der Waals surface area contributed by atoms with Crippen molar-refractivity contribution >= 4 is 11.9 Å². The second-order valence-electron chi connectivity index (χ2n) is 9.17. The van der Waals surface area contributed by atoms with Crippen LogP contribution >= 0.6 is 0 Å². The van der Waals surface area contributed by atoms with Crippen molar-refractivity contribution < 1.29 is 68.6 Å². The number of carbonyl (C=O) groups is 2. The maximum Gasteiger partial charge on any atom is 0.338 e. The second kappa shape index (κ2) is 11.8. The summed E-state index contributed by atoms with van der Waals surface area (Å²) in [6.45, 7) is -0.949. The van der Waals surface area contributed by atoms with Crippen LogP contribution < -0.4 is 9.47 Å². The van der Waals surface area contributed by atoms with Crippen molar-refractivity contribution in [3.63, 3.8) is 0 Å². The molecule has 4 rings (SSSR count). The molecular weight excluding hydrogens is 524 g/mol. The van der Waals surface area contributed by atoms with E-state index in [4.69, 9.17) is 28.4 Å². The molecule has 39 heavy (non-hydrogen) atoms. The smallest absolute Gasteiger partial charge is 0.338 e. The fourth-order valence-electron chi connectivity index (χ4n) is 4.85. The van der Waals surface area contributed by atoms with Gasteiger partial charge in [-0.1, -0.05) is 6.08 Å². The summed E-state index contributed by atoms with van der Waals surface area (Å²) in [6, 6.07) is 2.54. The Morgan fingerprint density at radius 2 is 1.69 bits per heavy atom. The van der Waals surface area contributed by atoms with Gasteiger partial charge in [-0.3, -0.25) is 0 Å². The van der Waals surface area contributed by atoms with E-state index in [1.54, 1.807) is 6.08 Å². The van der Waals surface area contributed by atoms with Gasteiger partial charge in [0.2, 0.25) is 12.0 Å². The van der Waals surface area contributed by atoms with Crippen LogP contribution in [-0.2, 0) is 23.7 Å². The van der Waals surface area contributed by atoms with Gasteiger partial charge in [-0.05, 0) is 24.1 Å². The highest BCUT2D eigenvalue weighted by Gasteiger charge is 2.49. The van der Waals surface area contributed by atoms with Gasteiger partial charge in [-0.15, -0.1) is 0 Å². The number of allylic oxidation sites excluding steroid dienone is 1. The molecule has 2 heterocycles. The van der Waals surface area contributed by atoms with Crippen LogP contribution in [0.15, 0.2) is 35.6 Å². The highest BCUT2D eigenvalue weighted by Crippen LogP contribution is 2.44. The number of carbonyl (C=O) groups excluding carboxylic acids is 1. The number of aliphatic hydroxyl groups excluding tert-OH is 4. The summed E-state index contributed by atoms with van der Waals surface area (Å²) < 4.78 is 32.3. The summed E-state index contributed by atoms with van der Waals surface area (Å²) in [5, 5.41) is 59.7. The maximum absolute atomic E-state index is 12.8. The number of aliphatic carboxylic acids is 1. The lowest BCUT2D eigenvalue weighted by atomic mass is 9.83. The Bertz CT molecular complexity index is 1120. The first-order chi connectivity index (χ1) is 18.6. The van der Waals surface area contributed by atoms with Gasteiger partial charge >= 0.3 is 11.9 Å². The summed E-state index contributed by atoms with van der Waals surface area (Å²) in [6.07, 6.45) is -6.02. The number of carboxylic acid groups (broad SMARTS) is 1. The van der Waals surface area contributed by atoms with Crippen LogP contribution in [-0.4, -0.2) is 107 Å². The van der Waals surface area contributed by atoms with Gasteiger partial charge in [0, 0.05) is 5.92 Å². The number of benzene rings is 1. The standard InChI is InChI=1S/C25H30O14/c1-34-14-5-11(6-15(35-2)18(14)27)23(33)36-8-10-3-4-12-13(22(31)32)9-37-24(17(10)12)39-25-21(30)20(29)19(28)16(7-26)38-25/h3,5-6,9,12,16-17,19-21,24-30H,4,7-8H2,1-2H3,(H,31,32)/t12-,16-,17-,19-,20+,21-,24+,25+/m1/s1. The van der Waals surface area contributed by atoms with Crippen molar-refractivity contribution in [3.8, 4) is 17.2 Å². The number of methoxy groups -OCH3 is 2. The van der Waals surface area contributed by atoms with Crippen molar-refractivity contribution in [2.45, 2.75) is 43.4 Å². The van der Waals surface area contributed by atoms with Gasteiger partial charge in [-0.25, -0.2) is 9.59 Å². The Morgan fingerprint density at radius 3 is 2.28 bits per heavy atom. The zero-order valence-electron chi connectivity index (χ0n) is 21.0. The number of ether oxygens (including phenoxy) is 6. The molecule has 214 valence electrons. The highest BCUT2D eigenvalue weighted by molar-refractivity contribution is 5.91. The fourth-order valence-corrected chi connectivity index (χ4v) is 4.85. The molecule has 3 aliphatic rings. The van der Waals surface area contributed by atoms with Crippen LogP contribution in [0.25, 0.3) is 0 Å². The summed E-state index contributed by atoms with van der Waals surface area (Å²) >= 11 is 0. The third-order valence-corrected chi connectivity index (χ3v) is 6.97. The molecule has 0 radical (unpaired) electrons. The number of hydrogen-bond acceptors (Lipinski definition) is 13. The molecule has 2 aliphatic heterocycles. The molecule has 0 aromatic heterocycles. The van der Waals surface area contributed by atoms with E-state index < -0.39 is 67.4 Å². The Morgan fingerprint density at radius 1 is 1.03 bits per heavy atom. The first-order valence-electron chi connectivity index (χ1n) is 12.0. The van der Waals surface area contributed by atoms with Crippen LogP contribution in [0, 0.1) is 11.8 Å². The topological polar surface area (TPSA) is 211 Å². The van der Waals surface area contributed by atoms with Crippen LogP contribution in [0.1, 0.15) is 16.8 Å². The summed E-state index contributed by atoms with van der Waals surface area (Å²) in [5.74, 6) is -3.73. The number of aromatic hydroxyl groups is 1.